The Labute approximate surface area is 115 Å². The van der Waals surface area contributed by atoms with E-state index < -0.39 is 0 Å². The molecule has 0 aliphatic heterocycles. The molecule has 1 aromatic carbocycles. The van der Waals surface area contributed by atoms with E-state index in [1.54, 1.807) is 0 Å². The fourth-order valence-electron chi connectivity index (χ4n) is 2.46. The summed E-state index contributed by atoms with van der Waals surface area (Å²) in [4.78, 5) is 12.2. The molecular formula is C16H24N2O. The van der Waals surface area contributed by atoms with Crippen LogP contribution in [0.5, 0.6) is 0 Å². The third kappa shape index (κ3) is 3.57. The van der Waals surface area contributed by atoms with Gasteiger partial charge in [-0.15, -0.1) is 0 Å². The van der Waals surface area contributed by atoms with Crippen molar-refractivity contribution in [3.05, 3.63) is 35.4 Å². The molecule has 2 N–H and O–H groups in total. The first-order valence-electron chi connectivity index (χ1n) is 7.05. The molecule has 1 saturated carbocycles. The minimum absolute atomic E-state index is 0.0643. The Hall–Kier alpha value is -1.35. The molecule has 0 radical (unpaired) electrons. The Bertz CT molecular complexity index is 454. The summed E-state index contributed by atoms with van der Waals surface area (Å²) in [6, 6.07) is 7.87. The van der Waals surface area contributed by atoms with Gasteiger partial charge in [0.25, 0.3) is 5.91 Å². The average Bonchev–Trinajstić information content (AvgIpc) is 3.01. The van der Waals surface area contributed by atoms with Crippen LogP contribution in [0.15, 0.2) is 24.3 Å². The largest absolute Gasteiger partial charge is 0.352 e. The molecule has 0 aromatic heterocycles. The van der Waals surface area contributed by atoms with Gasteiger partial charge in [-0.05, 0) is 49.4 Å². The quantitative estimate of drug-likeness (QED) is 0.823. The van der Waals surface area contributed by atoms with Gasteiger partial charge in [-0.25, -0.2) is 0 Å². The van der Waals surface area contributed by atoms with E-state index in [1.807, 2.05) is 31.3 Å². The number of hydrogen-bond donors (Lipinski definition) is 2. The molecule has 1 unspecified atom stereocenters. The zero-order chi connectivity index (χ0) is 13.9. The number of likely N-dealkylation sites (N-methyl/N-ethyl adjacent to an activating group) is 1. The number of benzene rings is 1. The van der Waals surface area contributed by atoms with E-state index >= 15 is 0 Å². The third-order valence-corrected chi connectivity index (χ3v) is 4.13. The predicted molar refractivity (Wildman–Crippen MR) is 78.3 cm³/mol. The fraction of sp³-hybridized carbons (Fsp3) is 0.562. The summed E-state index contributed by atoms with van der Waals surface area (Å²) in [5.74, 6) is 0.704. The Kier molecular flexibility index (Phi) is 4.25. The molecule has 3 heteroatoms. The molecule has 1 aliphatic carbocycles. The van der Waals surface area contributed by atoms with Gasteiger partial charge in [-0.3, -0.25) is 4.79 Å². The van der Waals surface area contributed by atoms with Gasteiger partial charge in [0, 0.05) is 12.1 Å². The van der Waals surface area contributed by atoms with Gasteiger partial charge in [0.05, 0.1) is 0 Å². The third-order valence-electron chi connectivity index (χ3n) is 4.13. The lowest BCUT2D eigenvalue weighted by atomic mass is 10.0. The monoisotopic (exact) mass is 260 g/mol. The van der Waals surface area contributed by atoms with Crippen LogP contribution in [-0.4, -0.2) is 26.0 Å². The number of rotatable bonds is 6. The molecular weight excluding hydrogens is 236 g/mol. The van der Waals surface area contributed by atoms with Crippen LogP contribution in [0.2, 0.25) is 0 Å². The van der Waals surface area contributed by atoms with Gasteiger partial charge >= 0.3 is 0 Å². The van der Waals surface area contributed by atoms with E-state index in [0.717, 1.165) is 30.6 Å². The lowest BCUT2D eigenvalue weighted by molar-refractivity contribution is 0.0949. The van der Waals surface area contributed by atoms with Crippen LogP contribution in [0, 0.1) is 11.3 Å². The van der Waals surface area contributed by atoms with Gasteiger partial charge in [-0.2, -0.15) is 0 Å². The van der Waals surface area contributed by atoms with Crippen molar-refractivity contribution >= 4 is 5.91 Å². The summed E-state index contributed by atoms with van der Waals surface area (Å²) < 4.78 is 0. The van der Waals surface area contributed by atoms with Gasteiger partial charge < -0.3 is 10.6 Å². The van der Waals surface area contributed by atoms with Crippen LogP contribution in [0.4, 0.5) is 0 Å². The highest BCUT2D eigenvalue weighted by molar-refractivity contribution is 5.95. The minimum atomic E-state index is 0.0643. The topological polar surface area (TPSA) is 41.1 Å². The molecule has 19 heavy (non-hydrogen) atoms. The van der Waals surface area contributed by atoms with Crippen molar-refractivity contribution in [2.75, 3.05) is 20.1 Å². The first-order valence-corrected chi connectivity index (χ1v) is 7.05. The van der Waals surface area contributed by atoms with Crippen molar-refractivity contribution in [3.8, 4) is 0 Å². The minimum Gasteiger partial charge on any atom is -0.352 e. The zero-order valence-corrected chi connectivity index (χ0v) is 12.1. The zero-order valence-electron chi connectivity index (χ0n) is 12.1. The second-order valence-electron chi connectivity index (χ2n) is 6.11. The lowest BCUT2D eigenvalue weighted by Crippen LogP contribution is -2.28. The molecule has 1 atom stereocenters. The first kappa shape index (κ1) is 14.1. The van der Waals surface area contributed by atoms with Crippen molar-refractivity contribution in [2.24, 2.45) is 11.3 Å². The van der Waals surface area contributed by atoms with E-state index in [1.165, 1.54) is 6.42 Å². The SMILES string of the molecule is CNCCc1ccccc1C(=O)NCC1CC1(C)C. The maximum absolute atomic E-state index is 12.2. The molecule has 1 amide bonds. The Morgan fingerprint density at radius 2 is 2.05 bits per heavy atom. The molecule has 0 saturated heterocycles. The molecule has 1 fully saturated rings. The van der Waals surface area contributed by atoms with Crippen molar-refractivity contribution in [2.45, 2.75) is 26.7 Å². The summed E-state index contributed by atoms with van der Waals surface area (Å²) in [7, 11) is 1.93. The highest BCUT2D eigenvalue weighted by Gasteiger charge is 2.45. The summed E-state index contributed by atoms with van der Waals surface area (Å²) in [5.41, 5.74) is 2.35. The van der Waals surface area contributed by atoms with E-state index in [-0.39, 0.29) is 5.91 Å². The molecule has 0 bridgehead atoms. The number of amides is 1. The number of carbonyl (C=O) groups is 1. The van der Waals surface area contributed by atoms with E-state index in [0.29, 0.717) is 11.3 Å². The van der Waals surface area contributed by atoms with Crippen LogP contribution >= 0.6 is 0 Å². The highest BCUT2D eigenvalue weighted by atomic mass is 16.1. The van der Waals surface area contributed by atoms with E-state index in [4.69, 9.17) is 0 Å². The first-order chi connectivity index (χ1) is 9.04. The summed E-state index contributed by atoms with van der Waals surface area (Å²) in [5, 5.41) is 6.20. The van der Waals surface area contributed by atoms with Crippen molar-refractivity contribution in [3.63, 3.8) is 0 Å². The molecule has 2 rings (SSSR count). The van der Waals surface area contributed by atoms with Crippen LogP contribution in [0.3, 0.4) is 0 Å². The molecule has 104 valence electrons. The van der Waals surface area contributed by atoms with Crippen molar-refractivity contribution in [1.82, 2.24) is 10.6 Å². The van der Waals surface area contributed by atoms with Gasteiger partial charge in [0.15, 0.2) is 0 Å². The summed E-state index contributed by atoms with van der Waals surface area (Å²) in [6.07, 6.45) is 2.10. The Balaban J connectivity index is 1.94. The van der Waals surface area contributed by atoms with Crippen LogP contribution in [0.1, 0.15) is 36.2 Å². The maximum atomic E-state index is 12.2. The molecule has 0 spiro atoms. The fourth-order valence-corrected chi connectivity index (χ4v) is 2.46. The normalized spacial score (nSPS) is 20.1. The van der Waals surface area contributed by atoms with E-state index in [2.05, 4.69) is 24.5 Å². The average molecular weight is 260 g/mol. The van der Waals surface area contributed by atoms with Crippen molar-refractivity contribution < 1.29 is 4.79 Å². The molecule has 1 aliphatic rings. The standard InChI is InChI=1S/C16H24N2O/c1-16(2)10-13(16)11-18-15(19)14-7-5-4-6-12(14)8-9-17-3/h4-7,13,17H,8-11H2,1-3H3,(H,18,19). The Morgan fingerprint density at radius 3 is 2.68 bits per heavy atom. The number of carbonyl (C=O) groups excluding carboxylic acids is 1. The number of nitrogens with one attached hydrogen (secondary N) is 2. The molecule has 0 heterocycles. The van der Waals surface area contributed by atoms with E-state index in [9.17, 15) is 4.79 Å². The Morgan fingerprint density at radius 1 is 1.37 bits per heavy atom. The summed E-state index contributed by atoms with van der Waals surface area (Å²) >= 11 is 0. The van der Waals surface area contributed by atoms with Crippen LogP contribution in [0.25, 0.3) is 0 Å². The van der Waals surface area contributed by atoms with Gasteiger partial charge in [-0.1, -0.05) is 32.0 Å². The van der Waals surface area contributed by atoms with Crippen LogP contribution in [-0.2, 0) is 6.42 Å². The summed E-state index contributed by atoms with van der Waals surface area (Å²) in [6.45, 7) is 6.20. The lowest BCUT2D eigenvalue weighted by Gasteiger charge is -2.10. The predicted octanol–water partition coefficient (Wildman–Crippen LogP) is 2.22. The van der Waals surface area contributed by atoms with Gasteiger partial charge in [0.2, 0.25) is 0 Å². The second kappa shape index (κ2) is 5.74. The number of hydrogen-bond acceptors (Lipinski definition) is 2. The second-order valence-corrected chi connectivity index (χ2v) is 6.11. The van der Waals surface area contributed by atoms with Gasteiger partial charge in [0.1, 0.15) is 0 Å². The van der Waals surface area contributed by atoms with Crippen molar-refractivity contribution in [1.29, 1.82) is 0 Å². The molecule has 3 nitrogen and oxygen atoms in total. The molecule has 1 aromatic rings. The highest BCUT2D eigenvalue weighted by Crippen LogP contribution is 2.50. The smallest absolute Gasteiger partial charge is 0.251 e. The maximum Gasteiger partial charge on any atom is 0.251 e. The van der Waals surface area contributed by atoms with Crippen LogP contribution < -0.4 is 10.6 Å².